The van der Waals surface area contributed by atoms with Crippen LogP contribution in [-0.4, -0.2) is 5.11 Å². The predicted octanol–water partition coefficient (Wildman–Crippen LogP) is 4.12. The molecule has 0 heterocycles. The molecular weight excluding hydrogens is 278 g/mol. The van der Waals surface area contributed by atoms with Crippen molar-refractivity contribution in [3.63, 3.8) is 0 Å². The first-order valence-corrected chi connectivity index (χ1v) is 5.68. The van der Waals surface area contributed by atoms with E-state index in [-0.39, 0.29) is 12.0 Å². The van der Waals surface area contributed by atoms with Crippen molar-refractivity contribution < 1.29 is 13.9 Å². The van der Waals surface area contributed by atoms with Gasteiger partial charge in [-0.2, -0.15) is 0 Å². The number of rotatable bonds is 4. The van der Waals surface area contributed by atoms with Crippen LogP contribution in [0.15, 0.2) is 28.8 Å². The van der Waals surface area contributed by atoms with Gasteiger partial charge in [0, 0.05) is 4.47 Å². The summed E-state index contributed by atoms with van der Waals surface area (Å²) in [5.74, 6) is -1.47. The third kappa shape index (κ3) is 3.39. The molecule has 0 radical (unpaired) electrons. The predicted molar refractivity (Wildman–Crippen MR) is 63.1 cm³/mol. The summed E-state index contributed by atoms with van der Waals surface area (Å²) in [6.07, 6.45) is -0.328. The normalized spacial score (nSPS) is 12.6. The zero-order valence-corrected chi connectivity index (χ0v) is 10.5. The van der Waals surface area contributed by atoms with Crippen molar-refractivity contribution in [1.82, 2.24) is 0 Å². The molecule has 0 saturated carbocycles. The lowest BCUT2D eigenvalue weighted by Gasteiger charge is -2.13. The molecule has 0 aromatic heterocycles. The van der Waals surface area contributed by atoms with E-state index in [9.17, 15) is 13.9 Å². The summed E-state index contributed by atoms with van der Waals surface area (Å²) in [5, 5.41) is 9.69. The van der Waals surface area contributed by atoms with E-state index in [1.165, 1.54) is 0 Å². The van der Waals surface area contributed by atoms with Gasteiger partial charge in [-0.25, -0.2) is 8.78 Å². The highest BCUT2D eigenvalue weighted by molar-refractivity contribution is 9.10. The SMILES string of the molecule is C=C(C)CCC(O)c1c(F)cc(Br)cc1F. The molecule has 88 valence electrons. The van der Waals surface area contributed by atoms with E-state index < -0.39 is 17.7 Å². The molecule has 16 heavy (non-hydrogen) atoms. The summed E-state index contributed by atoms with van der Waals surface area (Å²) < 4.78 is 27.2. The summed E-state index contributed by atoms with van der Waals surface area (Å²) in [6.45, 7) is 5.48. The van der Waals surface area contributed by atoms with E-state index in [0.717, 1.165) is 17.7 Å². The van der Waals surface area contributed by atoms with Gasteiger partial charge in [0.25, 0.3) is 0 Å². The molecule has 1 unspecified atom stereocenters. The first-order chi connectivity index (χ1) is 7.41. The van der Waals surface area contributed by atoms with E-state index in [2.05, 4.69) is 22.5 Å². The molecule has 0 saturated heterocycles. The lowest BCUT2D eigenvalue weighted by atomic mass is 10.0. The Kier molecular flexibility index (Phi) is 4.62. The van der Waals surface area contributed by atoms with Crippen LogP contribution in [0.3, 0.4) is 0 Å². The molecule has 0 aliphatic heterocycles. The Morgan fingerprint density at radius 1 is 1.44 bits per heavy atom. The monoisotopic (exact) mass is 290 g/mol. The summed E-state index contributed by atoms with van der Waals surface area (Å²) in [7, 11) is 0. The number of aliphatic hydroxyl groups excluding tert-OH is 1. The minimum absolute atomic E-state index is 0.269. The van der Waals surface area contributed by atoms with Crippen molar-refractivity contribution in [3.05, 3.63) is 46.0 Å². The summed E-state index contributed by atoms with van der Waals surface area (Å²) in [4.78, 5) is 0. The number of benzene rings is 1. The molecule has 0 amide bonds. The Balaban J connectivity index is 2.90. The zero-order chi connectivity index (χ0) is 12.3. The minimum atomic E-state index is -1.13. The van der Waals surface area contributed by atoms with Gasteiger partial charge in [0.1, 0.15) is 11.6 Å². The second-order valence-corrected chi connectivity index (χ2v) is 4.71. The molecule has 1 aromatic carbocycles. The van der Waals surface area contributed by atoms with Crippen LogP contribution in [-0.2, 0) is 0 Å². The van der Waals surface area contributed by atoms with Crippen molar-refractivity contribution in [2.75, 3.05) is 0 Å². The van der Waals surface area contributed by atoms with Crippen molar-refractivity contribution in [2.45, 2.75) is 25.9 Å². The largest absolute Gasteiger partial charge is 0.388 e. The fourth-order valence-corrected chi connectivity index (χ4v) is 1.80. The third-order valence-corrected chi connectivity index (χ3v) is 2.68. The highest BCUT2D eigenvalue weighted by Crippen LogP contribution is 2.28. The molecule has 0 spiro atoms. The maximum absolute atomic E-state index is 13.4. The van der Waals surface area contributed by atoms with E-state index in [4.69, 9.17) is 0 Å². The molecule has 0 aliphatic rings. The van der Waals surface area contributed by atoms with Crippen LogP contribution in [0.1, 0.15) is 31.4 Å². The first kappa shape index (κ1) is 13.3. The quantitative estimate of drug-likeness (QED) is 0.827. The average Bonchev–Trinajstić information content (AvgIpc) is 2.12. The standard InChI is InChI=1S/C12H13BrF2O/c1-7(2)3-4-11(16)12-9(14)5-8(13)6-10(12)15/h5-6,11,16H,1,3-4H2,2H3. The van der Waals surface area contributed by atoms with Gasteiger partial charge in [-0.15, -0.1) is 6.58 Å². The Morgan fingerprint density at radius 3 is 2.38 bits per heavy atom. The minimum Gasteiger partial charge on any atom is -0.388 e. The van der Waals surface area contributed by atoms with Gasteiger partial charge in [0.2, 0.25) is 0 Å². The number of aliphatic hydroxyl groups is 1. The lowest BCUT2D eigenvalue weighted by Crippen LogP contribution is -2.04. The number of halogens is 3. The molecule has 1 nitrogen and oxygen atoms in total. The molecule has 1 atom stereocenters. The molecule has 0 fully saturated rings. The fraction of sp³-hybridized carbons (Fsp3) is 0.333. The van der Waals surface area contributed by atoms with Crippen molar-refractivity contribution in [2.24, 2.45) is 0 Å². The molecule has 0 bridgehead atoms. The van der Waals surface area contributed by atoms with Crippen LogP contribution in [0.25, 0.3) is 0 Å². The Bertz CT molecular complexity index is 381. The molecule has 1 N–H and O–H groups in total. The molecule has 1 aromatic rings. The highest BCUT2D eigenvalue weighted by atomic mass is 79.9. The highest BCUT2D eigenvalue weighted by Gasteiger charge is 2.18. The van der Waals surface area contributed by atoms with Gasteiger partial charge in [0.05, 0.1) is 11.7 Å². The van der Waals surface area contributed by atoms with Crippen LogP contribution in [0.4, 0.5) is 8.78 Å². The van der Waals surface area contributed by atoms with Gasteiger partial charge in [-0.3, -0.25) is 0 Å². The molecular formula is C12H13BrF2O. The van der Waals surface area contributed by atoms with Crippen LogP contribution < -0.4 is 0 Å². The fourth-order valence-electron chi connectivity index (χ4n) is 1.40. The van der Waals surface area contributed by atoms with Gasteiger partial charge < -0.3 is 5.11 Å². The van der Waals surface area contributed by atoms with Crippen LogP contribution in [0, 0.1) is 11.6 Å². The number of allylic oxidation sites excluding steroid dienone is 1. The first-order valence-electron chi connectivity index (χ1n) is 4.88. The van der Waals surface area contributed by atoms with Crippen LogP contribution in [0.2, 0.25) is 0 Å². The van der Waals surface area contributed by atoms with Crippen molar-refractivity contribution in [1.29, 1.82) is 0 Å². The molecule has 4 heteroatoms. The summed E-state index contributed by atoms with van der Waals surface area (Å²) in [6, 6.07) is 2.28. The van der Waals surface area contributed by atoms with E-state index in [0.29, 0.717) is 10.9 Å². The smallest absolute Gasteiger partial charge is 0.133 e. The van der Waals surface area contributed by atoms with Gasteiger partial charge in [-0.1, -0.05) is 21.5 Å². The second-order valence-electron chi connectivity index (χ2n) is 3.79. The van der Waals surface area contributed by atoms with Gasteiger partial charge in [-0.05, 0) is 31.9 Å². The van der Waals surface area contributed by atoms with Crippen molar-refractivity contribution in [3.8, 4) is 0 Å². The lowest BCUT2D eigenvalue weighted by molar-refractivity contribution is 0.158. The topological polar surface area (TPSA) is 20.2 Å². The van der Waals surface area contributed by atoms with Gasteiger partial charge in [0.15, 0.2) is 0 Å². The van der Waals surface area contributed by atoms with Crippen LogP contribution in [0.5, 0.6) is 0 Å². The second kappa shape index (κ2) is 5.55. The van der Waals surface area contributed by atoms with Crippen LogP contribution >= 0.6 is 15.9 Å². The summed E-state index contributed by atoms with van der Waals surface area (Å²) >= 11 is 2.98. The van der Waals surface area contributed by atoms with E-state index in [1.54, 1.807) is 6.92 Å². The maximum atomic E-state index is 13.4. The Morgan fingerprint density at radius 2 is 1.94 bits per heavy atom. The van der Waals surface area contributed by atoms with E-state index >= 15 is 0 Å². The third-order valence-electron chi connectivity index (χ3n) is 2.22. The van der Waals surface area contributed by atoms with E-state index in [1.807, 2.05) is 0 Å². The maximum Gasteiger partial charge on any atom is 0.133 e. The Hall–Kier alpha value is -0.740. The van der Waals surface area contributed by atoms with Gasteiger partial charge >= 0.3 is 0 Å². The van der Waals surface area contributed by atoms with Crippen molar-refractivity contribution >= 4 is 15.9 Å². The Labute approximate surface area is 102 Å². The zero-order valence-electron chi connectivity index (χ0n) is 8.93. The number of hydrogen-bond donors (Lipinski definition) is 1. The molecule has 1 rings (SSSR count). The molecule has 0 aliphatic carbocycles. The average molecular weight is 291 g/mol. The number of hydrogen-bond acceptors (Lipinski definition) is 1. The summed E-state index contributed by atoms with van der Waals surface area (Å²) in [5.41, 5.74) is 0.599.